The van der Waals surface area contributed by atoms with E-state index >= 15 is 0 Å². The first-order valence-corrected chi connectivity index (χ1v) is 24.1. The molecule has 65 heavy (non-hydrogen) atoms. The summed E-state index contributed by atoms with van der Waals surface area (Å²) in [5, 5.41) is 20.9. The van der Waals surface area contributed by atoms with Crippen molar-refractivity contribution in [2.45, 2.75) is 58.8 Å². The minimum absolute atomic E-state index is 0.0387. The van der Waals surface area contributed by atoms with Crippen molar-refractivity contribution in [2.24, 2.45) is 0 Å². The quantitative estimate of drug-likeness (QED) is 0.0461. The maximum absolute atomic E-state index is 13.0. The average molecular weight is 1000 g/mol. The first-order valence-electron chi connectivity index (χ1n) is 19.7. The summed E-state index contributed by atoms with van der Waals surface area (Å²) in [6, 6.07) is 39.7. The number of halogens is 4. The third kappa shape index (κ3) is 11.1. The number of rotatable bonds is 16. The SMILES string of the molecule is O=C(NO)C1(NS(=O)(=O)c2ccc(OCc3ccc(Cl)cc3Cl)cc2)CC1c1ccccc1.O=C(O)C1(NS(=O)(=O)c2ccc(OCc3ccc(Cl)cc3Cl)cc2)CC1c1ccccc1. The van der Waals surface area contributed by atoms with Crippen LogP contribution in [-0.2, 0) is 42.8 Å². The normalized spacial score (nSPS) is 19.8. The van der Waals surface area contributed by atoms with Crippen molar-refractivity contribution < 1.29 is 46.2 Å². The molecule has 4 unspecified atom stereocenters. The van der Waals surface area contributed by atoms with Gasteiger partial charge in [0.25, 0.3) is 5.91 Å². The Morgan fingerprint density at radius 3 is 1.34 bits per heavy atom. The van der Waals surface area contributed by atoms with E-state index in [0.29, 0.717) is 31.6 Å². The Hall–Kier alpha value is -5.20. The van der Waals surface area contributed by atoms with Crippen LogP contribution in [0.4, 0.5) is 0 Å². The van der Waals surface area contributed by atoms with E-state index in [0.717, 1.165) is 22.3 Å². The summed E-state index contributed by atoms with van der Waals surface area (Å²) in [6.45, 7) is 0.361. The van der Waals surface area contributed by atoms with Gasteiger partial charge in [-0.05, 0) is 96.8 Å². The van der Waals surface area contributed by atoms with Crippen LogP contribution in [0.15, 0.2) is 155 Å². The highest BCUT2D eigenvalue weighted by Gasteiger charge is 2.64. The van der Waals surface area contributed by atoms with E-state index in [-0.39, 0.29) is 35.8 Å². The smallest absolute Gasteiger partial charge is 0.325 e. The lowest BCUT2D eigenvalue weighted by Gasteiger charge is -2.18. The van der Waals surface area contributed by atoms with Crippen LogP contribution in [0, 0.1) is 0 Å². The third-order valence-corrected chi connectivity index (χ3v) is 15.2. The molecule has 4 atom stereocenters. The molecule has 5 N–H and O–H groups in total. The van der Waals surface area contributed by atoms with Gasteiger partial charge in [0.15, 0.2) is 0 Å². The summed E-state index contributed by atoms with van der Waals surface area (Å²) in [5.41, 5.74) is 1.62. The van der Waals surface area contributed by atoms with Gasteiger partial charge in [0.1, 0.15) is 35.8 Å². The highest BCUT2D eigenvalue weighted by molar-refractivity contribution is 7.90. The molecule has 6 aromatic carbocycles. The molecular weight excluding hydrogens is 960 g/mol. The van der Waals surface area contributed by atoms with Crippen LogP contribution < -0.4 is 24.4 Å². The molecule has 13 nitrogen and oxygen atoms in total. The molecule has 0 heterocycles. The molecule has 0 bridgehead atoms. The van der Waals surface area contributed by atoms with E-state index in [9.17, 15) is 36.7 Å². The number of carbonyl (C=O) groups is 2. The maximum Gasteiger partial charge on any atom is 0.325 e. The van der Waals surface area contributed by atoms with Crippen molar-refractivity contribution in [1.29, 1.82) is 0 Å². The number of carboxylic acid groups (broad SMARTS) is 1. The molecule has 0 aromatic heterocycles. The van der Waals surface area contributed by atoms with E-state index < -0.39 is 54.8 Å². The summed E-state index contributed by atoms with van der Waals surface area (Å²) in [7, 11) is -8.12. The number of carboxylic acids is 1. The van der Waals surface area contributed by atoms with Crippen LogP contribution in [0.5, 0.6) is 11.5 Å². The lowest BCUT2D eigenvalue weighted by Crippen LogP contribution is -2.49. The average Bonchev–Trinajstić information content (AvgIpc) is 4.21. The monoisotopic (exact) mass is 997 g/mol. The fourth-order valence-electron chi connectivity index (χ4n) is 7.23. The first kappa shape index (κ1) is 47.8. The number of hydroxylamine groups is 1. The summed E-state index contributed by atoms with van der Waals surface area (Å²) in [4.78, 5) is 24.2. The third-order valence-electron chi connectivity index (χ3n) is 10.9. The van der Waals surface area contributed by atoms with Crippen LogP contribution in [0.2, 0.25) is 20.1 Å². The number of amides is 1. The van der Waals surface area contributed by atoms with Crippen LogP contribution in [0.3, 0.4) is 0 Å². The van der Waals surface area contributed by atoms with E-state index in [4.69, 9.17) is 55.9 Å². The molecule has 0 radical (unpaired) electrons. The molecule has 0 aliphatic heterocycles. The molecular formula is C46H39Cl4N3O10S2. The maximum atomic E-state index is 13.0. The Morgan fingerprint density at radius 2 is 0.954 bits per heavy atom. The van der Waals surface area contributed by atoms with Crippen molar-refractivity contribution in [3.8, 4) is 11.5 Å². The number of hydrogen-bond acceptors (Lipinski definition) is 9. The fraction of sp³-hybridized carbons (Fsp3) is 0.174. The van der Waals surface area contributed by atoms with Crippen LogP contribution in [0.1, 0.15) is 46.9 Å². The van der Waals surface area contributed by atoms with Crippen molar-refractivity contribution in [1.82, 2.24) is 14.9 Å². The molecule has 2 aliphatic rings. The predicted molar refractivity (Wildman–Crippen MR) is 246 cm³/mol. The Kier molecular flexibility index (Phi) is 14.5. The second-order valence-corrected chi connectivity index (χ2v) is 20.3. The number of ether oxygens (including phenoxy) is 2. The van der Waals surface area contributed by atoms with Gasteiger partial charge in [-0.15, -0.1) is 0 Å². The van der Waals surface area contributed by atoms with E-state index in [1.807, 2.05) is 24.3 Å². The second kappa shape index (κ2) is 19.7. The van der Waals surface area contributed by atoms with Crippen LogP contribution in [-0.4, -0.2) is 50.1 Å². The molecule has 1 amide bonds. The van der Waals surface area contributed by atoms with Crippen molar-refractivity contribution in [3.63, 3.8) is 0 Å². The zero-order valence-electron chi connectivity index (χ0n) is 33.8. The zero-order valence-corrected chi connectivity index (χ0v) is 38.5. The Balaban J connectivity index is 0.000000194. The van der Waals surface area contributed by atoms with Gasteiger partial charge >= 0.3 is 5.97 Å². The Labute approximate surface area is 395 Å². The summed E-state index contributed by atoms with van der Waals surface area (Å²) < 4.78 is 68.0. The highest BCUT2D eigenvalue weighted by Crippen LogP contribution is 2.53. The first-order chi connectivity index (χ1) is 31.0. The predicted octanol–water partition coefficient (Wildman–Crippen LogP) is 9.14. The number of aliphatic carboxylic acids is 1. The van der Waals surface area contributed by atoms with Crippen molar-refractivity contribution >= 4 is 78.3 Å². The van der Waals surface area contributed by atoms with Gasteiger partial charge in [-0.25, -0.2) is 22.3 Å². The molecule has 6 aromatic rings. The fourth-order valence-corrected chi connectivity index (χ4v) is 11.0. The van der Waals surface area contributed by atoms with Crippen molar-refractivity contribution in [2.75, 3.05) is 0 Å². The van der Waals surface area contributed by atoms with Gasteiger partial charge in [0, 0.05) is 43.1 Å². The van der Waals surface area contributed by atoms with Gasteiger partial charge in [-0.1, -0.05) is 119 Å². The minimum Gasteiger partial charge on any atom is -0.489 e. The molecule has 2 aliphatic carbocycles. The van der Waals surface area contributed by atoms with Crippen molar-refractivity contribution in [3.05, 3.63) is 188 Å². The van der Waals surface area contributed by atoms with E-state index in [2.05, 4.69) is 9.44 Å². The van der Waals surface area contributed by atoms with Crippen LogP contribution in [0.25, 0.3) is 0 Å². The number of carbonyl (C=O) groups excluding carboxylic acids is 1. The topological polar surface area (TPSA) is 197 Å². The van der Waals surface area contributed by atoms with Gasteiger partial charge in [-0.2, -0.15) is 9.44 Å². The Bertz CT molecular complexity index is 2920. The highest BCUT2D eigenvalue weighted by atomic mass is 35.5. The van der Waals surface area contributed by atoms with Gasteiger partial charge in [0.05, 0.1) is 9.79 Å². The minimum atomic E-state index is -4.06. The molecule has 19 heteroatoms. The van der Waals surface area contributed by atoms with Gasteiger partial charge in [-0.3, -0.25) is 14.8 Å². The number of sulfonamides is 2. The molecule has 2 fully saturated rings. The lowest BCUT2D eigenvalue weighted by atomic mass is 10.1. The molecule has 0 spiro atoms. The molecule has 8 rings (SSSR count). The van der Waals surface area contributed by atoms with E-state index in [1.54, 1.807) is 78.3 Å². The molecule has 0 saturated heterocycles. The molecule has 338 valence electrons. The van der Waals surface area contributed by atoms with Gasteiger partial charge in [0.2, 0.25) is 20.0 Å². The Morgan fingerprint density at radius 1 is 0.569 bits per heavy atom. The summed E-state index contributed by atoms with van der Waals surface area (Å²) in [5.74, 6) is -1.95. The summed E-state index contributed by atoms with van der Waals surface area (Å²) >= 11 is 24.0. The lowest BCUT2D eigenvalue weighted by molar-refractivity contribution is -0.140. The molecule has 2 saturated carbocycles. The van der Waals surface area contributed by atoms with Crippen LogP contribution >= 0.6 is 46.4 Å². The number of benzene rings is 6. The van der Waals surface area contributed by atoms with E-state index in [1.165, 1.54) is 48.5 Å². The second-order valence-electron chi connectivity index (χ2n) is 15.2. The summed E-state index contributed by atoms with van der Waals surface area (Å²) in [6.07, 6.45) is 0.417. The number of hydrogen-bond donors (Lipinski definition) is 5. The van der Waals surface area contributed by atoms with Gasteiger partial charge < -0.3 is 14.6 Å². The zero-order chi connectivity index (χ0) is 46.6. The number of nitrogens with one attached hydrogen (secondary N) is 3. The largest absolute Gasteiger partial charge is 0.489 e. The standard InChI is InChI=1S/C23H20Cl2N2O5S.C23H19Cl2NO5S/c24-17-7-6-16(21(25)12-17)14-32-18-8-10-19(11-9-18)33(30,31)27-23(22(28)26-29)13-20(23)15-4-2-1-3-5-15;24-17-7-6-16(21(25)12-17)14-31-18-8-10-19(11-9-18)32(29,30)26-23(22(27)28)13-20(23)15-4-2-1-3-5-15/h1-12,20,27,29H,13-14H2,(H,26,28);1-12,20,26H,13-14H2,(H,27,28).